The number of rotatable bonds is 5. The third-order valence-corrected chi connectivity index (χ3v) is 4.06. The van der Waals surface area contributed by atoms with Gasteiger partial charge in [0.2, 0.25) is 5.91 Å². The van der Waals surface area contributed by atoms with Crippen LogP contribution >= 0.6 is 11.6 Å². The van der Waals surface area contributed by atoms with Gasteiger partial charge in [-0.15, -0.1) is 0 Å². The Hall–Kier alpha value is -1.30. The first-order valence-corrected chi connectivity index (χ1v) is 7.67. The molecule has 1 fully saturated rings. The van der Waals surface area contributed by atoms with Gasteiger partial charge in [0.05, 0.1) is 16.8 Å². The smallest absolute Gasteiger partial charge is 0.224 e. The number of nitrogens with zero attached hydrogens (tertiary/aromatic N) is 1. The summed E-state index contributed by atoms with van der Waals surface area (Å²) < 4.78 is 0. The van der Waals surface area contributed by atoms with Crippen LogP contribution in [0.5, 0.6) is 0 Å². The van der Waals surface area contributed by atoms with E-state index in [2.05, 4.69) is 10.2 Å². The van der Waals surface area contributed by atoms with Crippen LogP contribution in [-0.2, 0) is 4.79 Å². The summed E-state index contributed by atoms with van der Waals surface area (Å²) in [6, 6.07) is 5.07. The quantitative estimate of drug-likeness (QED) is 0.728. The van der Waals surface area contributed by atoms with E-state index in [1.807, 2.05) is 0 Å². The maximum Gasteiger partial charge on any atom is 0.224 e. The molecule has 0 spiro atoms. The summed E-state index contributed by atoms with van der Waals surface area (Å²) in [5, 5.41) is 12.7. The predicted molar refractivity (Wildman–Crippen MR) is 85.4 cm³/mol. The lowest BCUT2D eigenvalue weighted by Crippen LogP contribution is -2.36. The average molecular weight is 312 g/mol. The van der Waals surface area contributed by atoms with E-state index in [1.54, 1.807) is 18.2 Å². The van der Waals surface area contributed by atoms with Gasteiger partial charge >= 0.3 is 0 Å². The van der Waals surface area contributed by atoms with Crippen molar-refractivity contribution < 1.29 is 9.90 Å². The van der Waals surface area contributed by atoms with Crippen LogP contribution in [0.4, 0.5) is 11.4 Å². The molecule has 1 amide bonds. The van der Waals surface area contributed by atoms with Crippen molar-refractivity contribution in [2.24, 2.45) is 0 Å². The molecule has 1 aromatic rings. The van der Waals surface area contributed by atoms with Crippen LogP contribution in [0.25, 0.3) is 0 Å². The highest BCUT2D eigenvalue weighted by Gasteiger charge is 2.16. The molecule has 116 valence electrons. The molecule has 0 unspecified atom stereocenters. The Labute approximate surface area is 130 Å². The number of hydrogen-bond donors (Lipinski definition) is 3. The highest BCUT2D eigenvalue weighted by molar-refractivity contribution is 6.33. The van der Waals surface area contributed by atoms with Gasteiger partial charge in [0.25, 0.3) is 0 Å². The van der Waals surface area contributed by atoms with E-state index in [0.717, 1.165) is 38.9 Å². The fourth-order valence-corrected chi connectivity index (χ4v) is 2.57. The summed E-state index contributed by atoms with van der Waals surface area (Å²) in [6.07, 6.45) is 2.79. The molecule has 1 heterocycles. The molecular formula is C15H22ClN3O2. The lowest BCUT2D eigenvalue weighted by atomic mass is 10.1. The average Bonchev–Trinajstić information content (AvgIpc) is 2.45. The lowest BCUT2D eigenvalue weighted by molar-refractivity contribution is -0.116. The zero-order valence-electron chi connectivity index (χ0n) is 12.0. The number of aliphatic hydroxyl groups is 1. The zero-order valence-corrected chi connectivity index (χ0v) is 12.8. The minimum atomic E-state index is -0.153. The van der Waals surface area contributed by atoms with E-state index in [9.17, 15) is 9.90 Å². The van der Waals surface area contributed by atoms with E-state index in [-0.39, 0.29) is 12.0 Å². The molecule has 1 aliphatic rings. The standard InChI is InChI=1S/C15H22ClN3O2/c16-13-4-3-11(10-14(13)17)18-15(21)2-1-7-19-8-5-12(20)6-9-19/h3-4,10,12,20H,1-2,5-9,17H2,(H,18,21). The van der Waals surface area contributed by atoms with E-state index in [0.29, 0.717) is 22.8 Å². The van der Waals surface area contributed by atoms with Crippen LogP contribution in [0.2, 0.25) is 5.02 Å². The fourth-order valence-electron chi connectivity index (χ4n) is 2.45. The van der Waals surface area contributed by atoms with Crippen molar-refractivity contribution in [3.05, 3.63) is 23.2 Å². The normalized spacial score (nSPS) is 16.9. The fraction of sp³-hybridized carbons (Fsp3) is 0.533. The number of nitrogen functional groups attached to an aromatic ring is 1. The Morgan fingerprint density at radius 3 is 2.81 bits per heavy atom. The molecule has 0 aromatic heterocycles. The second kappa shape index (κ2) is 7.64. The van der Waals surface area contributed by atoms with E-state index < -0.39 is 0 Å². The van der Waals surface area contributed by atoms with Gasteiger partial charge in [-0.2, -0.15) is 0 Å². The van der Waals surface area contributed by atoms with Crippen LogP contribution in [0.3, 0.4) is 0 Å². The van der Waals surface area contributed by atoms with Crippen LogP contribution in [0.15, 0.2) is 18.2 Å². The summed E-state index contributed by atoms with van der Waals surface area (Å²) in [5.41, 5.74) is 6.82. The summed E-state index contributed by atoms with van der Waals surface area (Å²) >= 11 is 5.84. The molecular weight excluding hydrogens is 290 g/mol. The number of hydrogen-bond acceptors (Lipinski definition) is 4. The number of carbonyl (C=O) groups is 1. The Kier molecular flexibility index (Phi) is 5.85. The molecule has 0 aliphatic carbocycles. The SMILES string of the molecule is Nc1cc(NC(=O)CCCN2CCC(O)CC2)ccc1Cl. The lowest BCUT2D eigenvalue weighted by Gasteiger charge is -2.29. The summed E-state index contributed by atoms with van der Waals surface area (Å²) in [4.78, 5) is 14.2. The van der Waals surface area contributed by atoms with Gasteiger partial charge in [0, 0.05) is 25.2 Å². The van der Waals surface area contributed by atoms with Crippen molar-refractivity contribution in [3.8, 4) is 0 Å². The summed E-state index contributed by atoms with van der Waals surface area (Å²) in [7, 11) is 0. The number of benzene rings is 1. The topological polar surface area (TPSA) is 78.6 Å². The van der Waals surface area contributed by atoms with Crippen molar-refractivity contribution in [1.29, 1.82) is 0 Å². The summed E-state index contributed by atoms with van der Waals surface area (Å²) in [6.45, 7) is 2.72. The van der Waals surface area contributed by atoms with Gasteiger partial charge in [-0.3, -0.25) is 4.79 Å². The Morgan fingerprint density at radius 2 is 2.14 bits per heavy atom. The molecule has 0 atom stereocenters. The van der Waals surface area contributed by atoms with Crippen molar-refractivity contribution in [2.75, 3.05) is 30.7 Å². The Morgan fingerprint density at radius 1 is 1.43 bits per heavy atom. The summed E-state index contributed by atoms with van der Waals surface area (Å²) in [5.74, 6) is -0.0197. The van der Waals surface area contributed by atoms with Gasteiger partial charge in [-0.05, 0) is 44.0 Å². The minimum absolute atomic E-state index is 0.0197. The van der Waals surface area contributed by atoms with Crippen LogP contribution in [0, 0.1) is 0 Å². The van der Waals surface area contributed by atoms with Gasteiger partial charge in [-0.25, -0.2) is 0 Å². The van der Waals surface area contributed by atoms with Gasteiger partial charge in [-0.1, -0.05) is 11.6 Å². The highest BCUT2D eigenvalue weighted by atomic mass is 35.5. The number of nitrogens with one attached hydrogen (secondary N) is 1. The zero-order chi connectivity index (χ0) is 15.2. The number of halogens is 1. The number of amides is 1. The van der Waals surface area contributed by atoms with Gasteiger partial charge in [0.15, 0.2) is 0 Å². The first-order chi connectivity index (χ1) is 10.0. The molecule has 1 aliphatic heterocycles. The van der Waals surface area contributed by atoms with Gasteiger partial charge < -0.3 is 21.1 Å². The van der Waals surface area contributed by atoms with Crippen molar-refractivity contribution >= 4 is 28.9 Å². The van der Waals surface area contributed by atoms with E-state index >= 15 is 0 Å². The number of likely N-dealkylation sites (tertiary alicyclic amines) is 1. The number of nitrogens with two attached hydrogens (primary N) is 1. The molecule has 0 saturated carbocycles. The molecule has 1 saturated heterocycles. The van der Waals surface area contributed by atoms with Crippen LogP contribution in [-0.4, -0.2) is 41.7 Å². The maximum atomic E-state index is 11.9. The molecule has 21 heavy (non-hydrogen) atoms. The largest absolute Gasteiger partial charge is 0.397 e. The van der Waals surface area contributed by atoms with Crippen molar-refractivity contribution in [1.82, 2.24) is 4.90 Å². The minimum Gasteiger partial charge on any atom is -0.397 e. The van der Waals surface area contributed by atoms with Gasteiger partial charge in [0.1, 0.15) is 0 Å². The highest BCUT2D eigenvalue weighted by Crippen LogP contribution is 2.22. The van der Waals surface area contributed by atoms with E-state index in [4.69, 9.17) is 17.3 Å². The second-order valence-electron chi connectivity index (χ2n) is 5.46. The molecule has 4 N–H and O–H groups in total. The Balaban J connectivity index is 1.68. The molecule has 6 heteroatoms. The third-order valence-electron chi connectivity index (χ3n) is 3.72. The molecule has 0 bridgehead atoms. The molecule has 5 nitrogen and oxygen atoms in total. The predicted octanol–water partition coefficient (Wildman–Crippen LogP) is 2.10. The van der Waals surface area contributed by atoms with Crippen LogP contribution < -0.4 is 11.1 Å². The maximum absolute atomic E-state index is 11.9. The number of carbonyl (C=O) groups excluding carboxylic acids is 1. The van der Waals surface area contributed by atoms with E-state index in [1.165, 1.54) is 0 Å². The Bertz CT molecular complexity index is 488. The van der Waals surface area contributed by atoms with Crippen molar-refractivity contribution in [3.63, 3.8) is 0 Å². The number of piperidine rings is 1. The molecule has 2 rings (SSSR count). The number of anilines is 2. The van der Waals surface area contributed by atoms with Crippen molar-refractivity contribution in [2.45, 2.75) is 31.8 Å². The molecule has 1 aromatic carbocycles. The number of aliphatic hydroxyl groups excluding tert-OH is 1. The molecule has 0 radical (unpaired) electrons. The third kappa shape index (κ3) is 5.19. The first-order valence-electron chi connectivity index (χ1n) is 7.30. The monoisotopic (exact) mass is 311 g/mol. The second-order valence-corrected chi connectivity index (χ2v) is 5.87. The first kappa shape index (κ1) is 16.1. The van der Waals surface area contributed by atoms with Crippen LogP contribution in [0.1, 0.15) is 25.7 Å².